The Bertz CT molecular complexity index is 316. The van der Waals surface area contributed by atoms with Gasteiger partial charge in [0.1, 0.15) is 0 Å². The summed E-state index contributed by atoms with van der Waals surface area (Å²) in [5.41, 5.74) is 3.73. The first-order valence-electron chi connectivity index (χ1n) is 5.40. The van der Waals surface area contributed by atoms with Crippen molar-refractivity contribution in [3.8, 4) is 0 Å². The Labute approximate surface area is 101 Å². The lowest BCUT2D eigenvalue weighted by Crippen LogP contribution is -2.30. The van der Waals surface area contributed by atoms with Crippen LogP contribution in [0.15, 0.2) is 6.20 Å². The van der Waals surface area contributed by atoms with Crippen molar-refractivity contribution in [1.82, 2.24) is 15.2 Å². The third kappa shape index (κ3) is 3.18. The second-order valence-corrected chi connectivity index (χ2v) is 3.95. The molecule has 0 aliphatic heterocycles. The average Bonchev–Trinajstić information content (AvgIpc) is 2.66. The van der Waals surface area contributed by atoms with Crippen LogP contribution in [-0.2, 0) is 11.3 Å². The molecule has 0 fully saturated rings. The Kier molecular flexibility index (Phi) is 5.76. The first-order chi connectivity index (χ1) is 7.74. The number of hydrazine groups is 1. The molecule has 0 aliphatic carbocycles. The molecule has 0 aliphatic rings. The number of methoxy groups -OCH3 is 1. The largest absolute Gasteiger partial charge is 0.385 e. The van der Waals surface area contributed by atoms with Gasteiger partial charge >= 0.3 is 0 Å². The summed E-state index contributed by atoms with van der Waals surface area (Å²) >= 11 is 6.10. The molecule has 1 aromatic heterocycles. The maximum absolute atomic E-state index is 6.10. The van der Waals surface area contributed by atoms with Crippen molar-refractivity contribution in [3.63, 3.8) is 0 Å². The molecule has 0 radical (unpaired) electrons. The number of aromatic nitrogens is 2. The van der Waals surface area contributed by atoms with Crippen LogP contribution >= 0.6 is 11.6 Å². The Hall–Kier alpha value is -0.620. The molecule has 0 saturated heterocycles. The summed E-state index contributed by atoms with van der Waals surface area (Å²) in [7, 11) is 1.69. The van der Waals surface area contributed by atoms with Gasteiger partial charge in [-0.2, -0.15) is 5.10 Å². The van der Waals surface area contributed by atoms with Crippen LogP contribution in [0.25, 0.3) is 0 Å². The van der Waals surface area contributed by atoms with Gasteiger partial charge in [0.05, 0.1) is 23.0 Å². The Morgan fingerprint density at radius 2 is 2.44 bits per heavy atom. The summed E-state index contributed by atoms with van der Waals surface area (Å²) in [6.45, 7) is 3.52. The number of aryl methyl sites for hydroxylation is 1. The third-order valence-corrected chi connectivity index (χ3v) is 2.80. The van der Waals surface area contributed by atoms with Gasteiger partial charge in [-0.05, 0) is 19.8 Å². The molecular formula is C10H19ClN4O. The predicted octanol–water partition coefficient (Wildman–Crippen LogP) is 1.49. The van der Waals surface area contributed by atoms with Crippen LogP contribution in [0.5, 0.6) is 0 Å². The predicted molar refractivity (Wildman–Crippen MR) is 64.1 cm³/mol. The quantitative estimate of drug-likeness (QED) is 0.435. The minimum Gasteiger partial charge on any atom is -0.385 e. The number of nitrogens with zero attached hydrogens (tertiary/aromatic N) is 2. The van der Waals surface area contributed by atoms with Crippen LogP contribution in [0.3, 0.4) is 0 Å². The van der Waals surface area contributed by atoms with E-state index in [9.17, 15) is 0 Å². The molecule has 1 heterocycles. The Morgan fingerprint density at radius 3 is 3.00 bits per heavy atom. The number of hydrogen-bond donors (Lipinski definition) is 2. The van der Waals surface area contributed by atoms with Gasteiger partial charge in [-0.1, -0.05) is 11.6 Å². The molecule has 0 aromatic carbocycles. The normalized spacial score (nSPS) is 13.0. The summed E-state index contributed by atoms with van der Waals surface area (Å²) in [5.74, 6) is 5.55. The highest BCUT2D eigenvalue weighted by atomic mass is 35.5. The minimum absolute atomic E-state index is 0.0186. The van der Waals surface area contributed by atoms with Crippen LogP contribution in [-0.4, -0.2) is 23.5 Å². The molecule has 1 unspecified atom stereocenters. The van der Waals surface area contributed by atoms with Crippen LogP contribution in [0, 0.1) is 0 Å². The molecule has 16 heavy (non-hydrogen) atoms. The first-order valence-corrected chi connectivity index (χ1v) is 5.78. The molecule has 0 bridgehead atoms. The number of rotatable bonds is 7. The van der Waals surface area contributed by atoms with Gasteiger partial charge in [0.2, 0.25) is 0 Å². The minimum atomic E-state index is 0.0186. The van der Waals surface area contributed by atoms with Crippen molar-refractivity contribution in [1.29, 1.82) is 0 Å². The van der Waals surface area contributed by atoms with Gasteiger partial charge in [0.15, 0.2) is 0 Å². The SMILES string of the molecule is CCn1ncc(Cl)c1C(CCCOC)NN. The molecule has 3 N–H and O–H groups in total. The monoisotopic (exact) mass is 246 g/mol. The third-order valence-electron chi connectivity index (χ3n) is 2.51. The standard InChI is InChI=1S/C10H19ClN4O/c1-3-15-10(8(11)7-13-15)9(14-12)5-4-6-16-2/h7,9,14H,3-6,12H2,1-2H3. The molecule has 1 rings (SSSR count). The van der Waals surface area contributed by atoms with Crippen molar-refractivity contribution in [2.45, 2.75) is 32.4 Å². The smallest absolute Gasteiger partial charge is 0.0834 e. The fraction of sp³-hybridized carbons (Fsp3) is 0.700. The molecule has 0 amide bonds. The van der Waals surface area contributed by atoms with Crippen LogP contribution < -0.4 is 11.3 Å². The number of nitrogens with two attached hydrogens (primary N) is 1. The van der Waals surface area contributed by atoms with Crippen LogP contribution in [0.1, 0.15) is 31.5 Å². The van der Waals surface area contributed by atoms with Crippen LogP contribution in [0.2, 0.25) is 5.02 Å². The van der Waals surface area contributed by atoms with Gasteiger partial charge in [-0.15, -0.1) is 0 Å². The van der Waals surface area contributed by atoms with Crippen LogP contribution in [0.4, 0.5) is 0 Å². The van der Waals surface area contributed by atoms with Crippen molar-refractivity contribution in [2.24, 2.45) is 5.84 Å². The topological polar surface area (TPSA) is 65.1 Å². The fourth-order valence-corrected chi connectivity index (χ4v) is 1.97. The second kappa shape index (κ2) is 6.85. The molecule has 1 atom stereocenters. The van der Waals surface area contributed by atoms with Crippen molar-refractivity contribution in [3.05, 3.63) is 16.9 Å². The second-order valence-electron chi connectivity index (χ2n) is 3.55. The van der Waals surface area contributed by atoms with E-state index in [-0.39, 0.29) is 6.04 Å². The highest BCUT2D eigenvalue weighted by Crippen LogP contribution is 2.25. The first kappa shape index (κ1) is 13.4. The van der Waals surface area contributed by atoms with E-state index < -0.39 is 0 Å². The van der Waals surface area contributed by atoms with Gasteiger partial charge in [0.25, 0.3) is 0 Å². The van der Waals surface area contributed by atoms with E-state index in [2.05, 4.69) is 10.5 Å². The number of hydrogen-bond acceptors (Lipinski definition) is 4. The zero-order valence-electron chi connectivity index (χ0n) is 9.74. The van der Waals surface area contributed by atoms with Gasteiger partial charge in [-0.3, -0.25) is 16.0 Å². The van der Waals surface area contributed by atoms with Gasteiger partial charge in [0, 0.05) is 20.3 Å². The van der Waals surface area contributed by atoms with Crippen molar-refractivity contribution >= 4 is 11.6 Å². The zero-order chi connectivity index (χ0) is 12.0. The maximum Gasteiger partial charge on any atom is 0.0834 e. The lowest BCUT2D eigenvalue weighted by Gasteiger charge is -2.17. The van der Waals surface area contributed by atoms with E-state index in [1.807, 2.05) is 11.6 Å². The lowest BCUT2D eigenvalue weighted by molar-refractivity contribution is 0.188. The molecular weight excluding hydrogens is 228 g/mol. The molecule has 1 aromatic rings. The summed E-state index contributed by atoms with van der Waals surface area (Å²) < 4.78 is 6.88. The highest BCUT2D eigenvalue weighted by molar-refractivity contribution is 6.31. The molecule has 0 spiro atoms. The van der Waals surface area contributed by atoms with E-state index in [1.54, 1.807) is 13.3 Å². The summed E-state index contributed by atoms with van der Waals surface area (Å²) in [5, 5.41) is 4.84. The molecule has 5 nitrogen and oxygen atoms in total. The fourth-order valence-electron chi connectivity index (χ4n) is 1.70. The number of halogens is 1. The summed E-state index contributed by atoms with van der Waals surface area (Å²) in [4.78, 5) is 0. The molecule has 92 valence electrons. The summed E-state index contributed by atoms with van der Waals surface area (Å²) in [6.07, 6.45) is 3.45. The van der Waals surface area contributed by atoms with Gasteiger partial charge in [-0.25, -0.2) is 0 Å². The Balaban J connectivity index is 2.73. The summed E-state index contributed by atoms with van der Waals surface area (Å²) in [6, 6.07) is 0.0186. The van der Waals surface area contributed by atoms with Gasteiger partial charge < -0.3 is 4.74 Å². The van der Waals surface area contributed by atoms with E-state index in [4.69, 9.17) is 22.2 Å². The number of ether oxygens (including phenoxy) is 1. The van der Waals surface area contributed by atoms with E-state index in [1.165, 1.54) is 0 Å². The molecule has 0 saturated carbocycles. The van der Waals surface area contributed by atoms with E-state index >= 15 is 0 Å². The average molecular weight is 247 g/mol. The van der Waals surface area contributed by atoms with Crippen molar-refractivity contribution < 1.29 is 4.74 Å². The van der Waals surface area contributed by atoms with E-state index in [0.717, 1.165) is 31.7 Å². The molecule has 6 heteroatoms. The lowest BCUT2D eigenvalue weighted by atomic mass is 10.1. The highest BCUT2D eigenvalue weighted by Gasteiger charge is 2.18. The van der Waals surface area contributed by atoms with Crippen molar-refractivity contribution in [2.75, 3.05) is 13.7 Å². The van der Waals surface area contributed by atoms with E-state index in [0.29, 0.717) is 5.02 Å². The number of nitrogens with one attached hydrogen (secondary N) is 1. The maximum atomic E-state index is 6.10. The Morgan fingerprint density at radius 1 is 1.69 bits per heavy atom. The zero-order valence-corrected chi connectivity index (χ0v) is 10.5.